The van der Waals surface area contributed by atoms with E-state index in [1.165, 1.54) is 12.1 Å². The van der Waals surface area contributed by atoms with E-state index in [4.69, 9.17) is 10.5 Å². The second-order valence-electron chi connectivity index (χ2n) is 3.88. The number of esters is 1. The van der Waals surface area contributed by atoms with Crippen LogP contribution in [0.3, 0.4) is 0 Å². The van der Waals surface area contributed by atoms with Crippen molar-refractivity contribution in [3.05, 3.63) is 29.6 Å². The monoisotopic (exact) mass is 268 g/mol. The van der Waals surface area contributed by atoms with Gasteiger partial charge in [0.25, 0.3) is 5.91 Å². The fourth-order valence-corrected chi connectivity index (χ4v) is 1.55. The molecule has 0 atom stereocenters. The molecule has 0 fully saturated rings. The number of hydrogen-bond acceptors (Lipinski definition) is 4. The van der Waals surface area contributed by atoms with Crippen molar-refractivity contribution < 1.29 is 18.7 Å². The summed E-state index contributed by atoms with van der Waals surface area (Å²) in [6.45, 7) is 4.44. The number of benzene rings is 1. The maximum atomic E-state index is 12.9. The van der Waals surface area contributed by atoms with Crippen LogP contribution in [0.2, 0.25) is 0 Å². The van der Waals surface area contributed by atoms with Gasteiger partial charge in [-0.15, -0.1) is 0 Å². The van der Waals surface area contributed by atoms with E-state index in [0.717, 1.165) is 6.07 Å². The minimum absolute atomic E-state index is 0.117. The second kappa shape index (κ2) is 6.72. The SMILES string of the molecule is CCN(CC)C(=O)COC(=O)c1ccc(F)c(N)c1. The van der Waals surface area contributed by atoms with Gasteiger partial charge in [-0.2, -0.15) is 0 Å². The number of rotatable bonds is 5. The molecule has 1 aromatic rings. The van der Waals surface area contributed by atoms with Crippen LogP contribution in [0.1, 0.15) is 24.2 Å². The van der Waals surface area contributed by atoms with E-state index in [2.05, 4.69) is 0 Å². The van der Waals surface area contributed by atoms with Crippen molar-refractivity contribution in [1.82, 2.24) is 4.90 Å². The van der Waals surface area contributed by atoms with Crippen LogP contribution in [0, 0.1) is 5.82 Å². The van der Waals surface area contributed by atoms with Gasteiger partial charge in [-0.25, -0.2) is 9.18 Å². The Balaban J connectivity index is 2.60. The molecule has 19 heavy (non-hydrogen) atoms. The molecule has 0 aliphatic rings. The van der Waals surface area contributed by atoms with Crippen molar-refractivity contribution >= 4 is 17.6 Å². The number of nitrogens with zero attached hydrogens (tertiary/aromatic N) is 1. The van der Waals surface area contributed by atoms with Gasteiger partial charge in [-0.1, -0.05) is 0 Å². The van der Waals surface area contributed by atoms with Crippen LogP contribution >= 0.6 is 0 Å². The molecule has 1 rings (SSSR count). The number of halogens is 1. The van der Waals surface area contributed by atoms with E-state index in [0.29, 0.717) is 13.1 Å². The van der Waals surface area contributed by atoms with Crippen LogP contribution in [-0.4, -0.2) is 36.5 Å². The molecule has 1 aromatic carbocycles. The average Bonchev–Trinajstić information content (AvgIpc) is 2.40. The highest BCUT2D eigenvalue weighted by atomic mass is 19.1. The van der Waals surface area contributed by atoms with E-state index in [9.17, 15) is 14.0 Å². The molecule has 0 saturated heterocycles. The smallest absolute Gasteiger partial charge is 0.338 e. The third-order valence-corrected chi connectivity index (χ3v) is 2.67. The fourth-order valence-electron chi connectivity index (χ4n) is 1.55. The lowest BCUT2D eigenvalue weighted by Crippen LogP contribution is -2.34. The maximum absolute atomic E-state index is 12.9. The Morgan fingerprint density at radius 3 is 2.47 bits per heavy atom. The number of nitrogen functional groups attached to an aromatic ring is 1. The fraction of sp³-hybridized carbons (Fsp3) is 0.385. The highest BCUT2D eigenvalue weighted by molar-refractivity contribution is 5.92. The number of hydrogen-bond donors (Lipinski definition) is 1. The number of carbonyl (C=O) groups excluding carboxylic acids is 2. The summed E-state index contributed by atoms with van der Waals surface area (Å²) in [5.74, 6) is -1.57. The molecular formula is C13H17FN2O3. The third-order valence-electron chi connectivity index (χ3n) is 2.67. The van der Waals surface area contributed by atoms with Crippen molar-refractivity contribution in [2.24, 2.45) is 0 Å². The number of nitrogens with two attached hydrogens (primary N) is 1. The molecule has 0 heterocycles. The molecule has 1 amide bonds. The topological polar surface area (TPSA) is 72.6 Å². The molecule has 0 bridgehead atoms. The summed E-state index contributed by atoms with van der Waals surface area (Å²) in [4.78, 5) is 24.8. The highest BCUT2D eigenvalue weighted by Crippen LogP contribution is 2.13. The molecule has 0 aromatic heterocycles. The van der Waals surface area contributed by atoms with Gasteiger partial charge in [0.05, 0.1) is 11.3 Å². The summed E-state index contributed by atoms with van der Waals surface area (Å²) in [5, 5.41) is 0. The molecule has 5 nitrogen and oxygen atoms in total. The van der Waals surface area contributed by atoms with Gasteiger partial charge in [0.1, 0.15) is 5.82 Å². The molecular weight excluding hydrogens is 251 g/mol. The maximum Gasteiger partial charge on any atom is 0.338 e. The van der Waals surface area contributed by atoms with Crippen LogP contribution in [0.15, 0.2) is 18.2 Å². The van der Waals surface area contributed by atoms with Crippen LogP contribution in [0.5, 0.6) is 0 Å². The predicted molar refractivity (Wildman–Crippen MR) is 69.0 cm³/mol. The van der Waals surface area contributed by atoms with Crippen molar-refractivity contribution in [3.8, 4) is 0 Å². The largest absolute Gasteiger partial charge is 0.452 e. The van der Waals surface area contributed by atoms with E-state index in [1.807, 2.05) is 13.8 Å². The summed E-state index contributed by atoms with van der Waals surface area (Å²) in [6, 6.07) is 3.52. The molecule has 0 spiro atoms. The van der Waals surface area contributed by atoms with Crippen molar-refractivity contribution in [3.63, 3.8) is 0 Å². The summed E-state index contributed by atoms with van der Waals surface area (Å²) in [5.41, 5.74) is 5.33. The van der Waals surface area contributed by atoms with Crippen LogP contribution in [0.4, 0.5) is 10.1 Å². The highest BCUT2D eigenvalue weighted by Gasteiger charge is 2.14. The Hall–Kier alpha value is -2.11. The van der Waals surface area contributed by atoms with Crippen LogP contribution in [0.25, 0.3) is 0 Å². The summed E-state index contributed by atoms with van der Waals surface area (Å²) < 4.78 is 17.8. The summed E-state index contributed by atoms with van der Waals surface area (Å²) >= 11 is 0. The quantitative estimate of drug-likeness (QED) is 0.647. The van der Waals surface area contributed by atoms with Gasteiger partial charge < -0.3 is 15.4 Å². The van der Waals surface area contributed by atoms with Gasteiger partial charge in [0, 0.05) is 13.1 Å². The van der Waals surface area contributed by atoms with E-state index in [-0.39, 0.29) is 23.8 Å². The van der Waals surface area contributed by atoms with E-state index >= 15 is 0 Å². The first-order chi connectivity index (χ1) is 8.99. The molecule has 2 N–H and O–H groups in total. The lowest BCUT2D eigenvalue weighted by molar-refractivity contribution is -0.134. The standard InChI is InChI=1S/C13H17FN2O3/c1-3-16(4-2)12(17)8-19-13(18)9-5-6-10(14)11(15)7-9/h5-7H,3-4,8,15H2,1-2H3. The minimum Gasteiger partial charge on any atom is -0.452 e. The van der Waals surface area contributed by atoms with Gasteiger partial charge in [0.2, 0.25) is 0 Å². The molecule has 104 valence electrons. The molecule has 0 aliphatic heterocycles. The lowest BCUT2D eigenvalue weighted by Gasteiger charge is -2.18. The zero-order chi connectivity index (χ0) is 14.4. The molecule has 6 heteroatoms. The lowest BCUT2D eigenvalue weighted by atomic mass is 10.2. The number of carbonyl (C=O) groups is 2. The molecule has 0 aliphatic carbocycles. The third kappa shape index (κ3) is 3.94. The van der Waals surface area contributed by atoms with Gasteiger partial charge in [0.15, 0.2) is 6.61 Å². The second-order valence-corrected chi connectivity index (χ2v) is 3.88. The Labute approximate surface area is 111 Å². The minimum atomic E-state index is -0.702. The van der Waals surface area contributed by atoms with E-state index < -0.39 is 11.8 Å². The van der Waals surface area contributed by atoms with Crippen LogP contribution in [-0.2, 0) is 9.53 Å². The molecule has 0 saturated carbocycles. The Morgan fingerprint density at radius 2 is 1.95 bits per heavy atom. The zero-order valence-corrected chi connectivity index (χ0v) is 11.0. The Kier molecular flexibility index (Phi) is 5.29. The predicted octanol–water partition coefficient (Wildman–Crippen LogP) is 1.43. The number of anilines is 1. The van der Waals surface area contributed by atoms with Crippen LogP contribution < -0.4 is 5.73 Å². The first kappa shape index (κ1) is 14.9. The average molecular weight is 268 g/mol. The first-order valence-electron chi connectivity index (χ1n) is 5.99. The van der Waals surface area contributed by atoms with E-state index in [1.54, 1.807) is 4.90 Å². The van der Waals surface area contributed by atoms with Crippen molar-refractivity contribution in [2.75, 3.05) is 25.4 Å². The summed E-state index contributed by atoms with van der Waals surface area (Å²) in [7, 11) is 0. The normalized spacial score (nSPS) is 10.1. The molecule has 0 unspecified atom stereocenters. The number of ether oxygens (including phenoxy) is 1. The molecule has 0 radical (unpaired) electrons. The number of amides is 1. The van der Waals surface area contributed by atoms with Crippen molar-refractivity contribution in [2.45, 2.75) is 13.8 Å². The van der Waals surface area contributed by atoms with Gasteiger partial charge in [-0.05, 0) is 32.0 Å². The number of likely N-dealkylation sites (N-methyl/N-ethyl adjacent to an activating group) is 1. The van der Waals surface area contributed by atoms with Gasteiger partial charge >= 0.3 is 5.97 Å². The van der Waals surface area contributed by atoms with Crippen molar-refractivity contribution in [1.29, 1.82) is 0 Å². The first-order valence-corrected chi connectivity index (χ1v) is 5.99. The summed E-state index contributed by atoms with van der Waals surface area (Å²) in [6.07, 6.45) is 0. The Bertz CT molecular complexity index is 473. The van der Waals surface area contributed by atoms with Gasteiger partial charge in [-0.3, -0.25) is 4.79 Å². The zero-order valence-electron chi connectivity index (χ0n) is 11.0. The Morgan fingerprint density at radius 1 is 1.32 bits per heavy atom.